The number of hydrogen-bond donors (Lipinski definition) is 2. The number of carbonyl (C=O) groups excluding carboxylic acids is 3. The predicted octanol–water partition coefficient (Wildman–Crippen LogP) is 0.776. The summed E-state index contributed by atoms with van der Waals surface area (Å²) in [5, 5.41) is 18.1. The van der Waals surface area contributed by atoms with E-state index in [1.54, 1.807) is 9.58 Å². The Hall–Kier alpha value is -3.14. The van der Waals surface area contributed by atoms with Crippen LogP contribution in [0, 0.1) is 5.41 Å². The molecule has 0 radical (unpaired) electrons. The lowest BCUT2D eigenvalue weighted by atomic mass is 9.59. The van der Waals surface area contributed by atoms with Gasteiger partial charge in [0.1, 0.15) is 6.04 Å². The number of aromatic nitrogens is 4. The van der Waals surface area contributed by atoms with E-state index >= 15 is 0 Å². The second kappa shape index (κ2) is 7.19. The molecule has 1 aliphatic carbocycles. The Balaban J connectivity index is 1.32. The zero-order valence-electron chi connectivity index (χ0n) is 18.5. The zero-order chi connectivity index (χ0) is 22.7. The summed E-state index contributed by atoms with van der Waals surface area (Å²) in [6.07, 6.45) is 2.48. The Labute approximate surface area is 185 Å². The second-order valence-electron chi connectivity index (χ2n) is 9.97. The van der Waals surface area contributed by atoms with Crippen LogP contribution in [0.3, 0.4) is 0 Å². The Morgan fingerprint density at radius 2 is 2.00 bits per heavy atom. The van der Waals surface area contributed by atoms with Crippen LogP contribution in [-0.4, -0.2) is 48.9 Å². The number of hydrogen-bond acceptors (Lipinski definition) is 7. The maximum atomic E-state index is 12.9. The van der Waals surface area contributed by atoms with Gasteiger partial charge in [-0.05, 0) is 52.3 Å². The first-order valence-electron chi connectivity index (χ1n) is 10.9. The van der Waals surface area contributed by atoms with Gasteiger partial charge in [0.05, 0.1) is 5.54 Å². The SMILES string of the molecule is Cn1nnnc1C1(NCc2ccc3c(c2)CN(C2CCC(=O)NC2=O)C3=O)CC(C)(C)C1. The summed E-state index contributed by atoms with van der Waals surface area (Å²) in [4.78, 5) is 38.2. The average Bonchev–Trinajstić information content (AvgIpc) is 3.28. The van der Waals surface area contributed by atoms with Crippen molar-refractivity contribution in [3.8, 4) is 0 Å². The Morgan fingerprint density at radius 1 is 1.22 bits per heavy atom. The summed E-state index contributed by atoms with van der Waals surface area (Å²) in [5.74, 6) is -0.000294. The lowest BCUT2D eigenvalue weighted by Gasteiger charge is -2.52. The molecule has 3 heterocycles. The number of fused-ring (bicyclic) bond motifs is 1. The van der Waals surface area contributed by atoms with E-state index in [4.69, 9.17) is 0 Å². The van der Waals surface area contributed by atoms with Crippen molar-refractivity contribution in [2.75, 3.05) is 0 Å². The van der Waals surface area contributed by atoms with Gasteiger partial charge in [0.25, 0.3) is 5.91 Å². The molecule has 1 saturated heterocycles. The summed E-state index contributed by atoms with van der Waals surface area (Å²) < 4.78 is 1.72. The van der Waals surface area contributed by atoms with E-state index in [0.717, 1.165) is 29.8 Å². The molecule has 32 heavy (non-hydrogen) atoms. The number of carbonyl (C=O) groups is 3. The number of aryl methyl sites for hydroxylation is 1. The summed E-state index contributed by atoms with van der Waals surface area (Å²) >= 11 is 0. The lowest BCUT2D eigenvalue weighted by molar-refractivity contribution is -0.136. The number of nitrogens with one attached hydrogen (secondary N) is 2. The van der Waals surface area contributed by atoms with E-state index in [-0.39, 0.29) is 29.2 Å². The van der Waals surface area contributed by atoms with Crippen molar-refractivity contribution >= 4 is 17.7 Å². The molecule has 10 heteroatoms. The molecule has 10 nitrogen and oxygen atoms in total. The van der Waals surface area contributed by atoms with Gasteiger partial charge >= 0.3 is 0 Å². The van der Waals surface area contributed by atoms with Crippen LogP contribution in [0.5, 0.6) is 0 Å². The van der Waals surface area contributed by atoms with Crippen molar-refractivity contribution in [2.24, 2.45) is 12.5 Å². The van der Waals surface area contributed by atoms with E-state index < -0.39 is 11.9 Å². The van der Waals surface area contributed by atoms with Crippen molar-refractivity contribution < 1.29 is 14.4 Å². The molecule has 3 amide bonds. The summed E-state index contributed by atoms with van der Waals surface area (Å²) in [7, 11) is 1.86. The molecule has 1 atom stereocenters. The molecular weight excluding hydrogens is 410 g/mol. The molecule has 1 unspecified atom stereocenters. The molecule has 0 bridgehead atoms. The first-order valence-corrected chi connectivity index (χ1v) is 10.9. The first-order chi connectivity index (χ1) is 15.2. The van der Waals surface area contributed by atoms with Crippen molar-refractivity contribution in [1.82, 2.24) is 35.7 Å². The van der Waals surface area contributed by atoms with Crippen LogP contribution in [0.25, 0.3) is 0 Å². The van der Waals surface area contributed by atoms with Crippen molar-refractivity contribution in [3.05, 3.63) is 40.7 Å². The number of nitrogens with zero attached hydrogens (tertiary/aromatic N) is 5. The van der Waals surface area contributed by atoms with Gasteiger partial charge < -0.3 is 10.2 Å². The van der Waals surface area contributed by atoms with Crippen molar-refractivity contribution in [3.63, 3.8) is 0 Å². The molecule has 0 spiro atoms. The monoisotopic (exact) mass is 437 g/mol. The minimum atomic E-state index is -0.599. The molecule has 1 saturated carbocycles. The normalized spacial score (nSPS) is 23.7. The average molecular weight is 438 g/mol. The van der Waals surface area contributed by atoms with Crippen LogP contribution in [-0.2, 0) is 35.3 Å². The maximum absolute atomic E-state index is 12.9. The number of amides is 3. The number of benzene rings is 1. The van der Waals surface area contributed by atoms with Crippen LogP contribution < -0.4 is 10.6 Å². The highest BCUT2D eigenvalue weighted by molar-refractivity contribution is 6.05. The van der Waals surface area contributed by atoms with Gasteiger partial charge in [0.15, 0.2) is 5.82 Å². The molecule has 3 aliphatic rings. The number of piperidine rings is 1. The number of imide groups is 1. The summed E-state index contributed by atoms with van der Waals surface area (Å²) in [6, 6.07) is 5.21. The fourth-order valence-electron chi connectivity index (χ4n) is 5.59. The van der Waals surface area contributed by atoms with E-state index in [1.807, 2.05) is 25.2 Å². The maximum Gasteiger partial charge on any atom is 0.255 e. The Bertz CT molecular complexity index is 1110. The van der Waals surface area contributed by atoms with Crippen LogP contribution in [0.4, 0.5) is 0 Å². The quantitative estimate of drug-likeness (QED) is 0.663. The van der Waals surface area contributed by atoms with Gasteiger partial charge in [-0.2, -0.15) is 0 Å². The van der Waals surface area contributed by atoms with Gasteiger partial charge in [-0.15, -0.1) is 5.10 Å². The number of rotatable bonds is 5. The second-order valence-corrected chi connectivity index (χ2v) is 9.97. The molecule has 5 rings (SSSR count). The van der Waals surface area contributed by atoms with Gasteiger partial charge in [-0.25, -0.2) is 4.68 Å². The molecule has 2 fully saturated rings. The number of tetrazole rings is 1. The van der Waals surface area contributed by atoms with Gasteiger partial charge in [0, 0.05) is 32.1 Å². The molecule has 1 aromatic carbocycles. The minimum Gasteiger partial charge on any atom is -0.322 e. The fourth-order valence-corrected chi connectivity index (χ4v) is 5.59. The topological polar surface area (TPSA) is 122 Å². The van der Waals surface area contributed by atoms with E-state index in [9.17, 15) is 14.4 Å². The van der Waals surface area contributed by atoms with Crippen LogP contribution in [0.1, 0.15) is 66.8 Å². The highest BCUT2D eigenvalue weighted by Crippen LogP contribution is 2.53. The summed E-state index contributed by atoms with van der Waals surface area (Å²) in [5.41, 5.74) is 2.51. The van der Waals surface area contributed by atoms with Crippen molar-refractivity contribution in [2.45, 2.75) is 64.2 Å². The lowest BCUT2D eigenvalue weighted by Crippen LogP contribution is -2.57. The molecular formula is C22H27N7O3. The van der Waals surface area contributed by atoms with Gasteiger partial charge in [-0.1, -0.05) is 26.0 Å². The van der Waals surface area contributed by atoms with Gasteiger partial charge in [-0.3, -0.25) is 19.7 Å². The van der Waals surface area contributed by atoms with Crippen LogP contribution in [0.15, 0.2) is 18.2 Å². The van der Waals surface area contributed by atoms with Crippen molar-refractivity contribution in [1.29, 1.82) is 0 Å². The Kier molecular flexibility index (Phi) is 4.66. The van der Waals surface area contributed by atoms with E-state index in [2.05, 4.69) is 40.0 Å². The largest absolute Gasteiger partial charge is 0.322 e. The van der Waals surface area contributed by atoms with E-state index in [1.165, 1.54) is 0 Å². The predicted molar refractivity (Wildman–Crippen MR) is 113 cm³/mol. The molecule has 2 aliphatic heterocycles. The highest BCUT2D eigenvalue weighted by Gasteiger charge is 2.53. The standard InChI is InChI=1S/C22H27N7O3/c1-21(2)11-22(12-21,20-25-26-27-28(20)3)23-9-13-4-5-15-14(8-13)10-29(19(15)32)16-6-7-17(30)24-18(16)31/h4-5,8,16,23H,6-7,9-12H2,1-3H3,(H,24,30,31). The first kappa shape index (κ1) is 20.7. The minimum absolute atomic E-state index is 0.156. The highest BCUT2D eigenvalue weighted by atomic mass is 16.2. The van der Waals surface area contributed by atoms with Gasteiger partial charge in [0.2, 0.25) is 11.8 Å². The molecule has 2 aromatic rings. The molecule has 2 N–H and O–H groups in total. The third-order valence-corrected chi connectivity index (χ3v) is 6.83. The molecule has 1 aromatic heterocycles. The van der Waals surface area contributed by atoms with E-state index in [0.29, 0.717) is 25.1 Å². The van der Waals surface area contributed by atoms with Crippen LogP contribution >= 0.6 is 0 Å². The third-order valence-electron chi connectivity index (χ3n) is 6.83. The third kappa shape index (κ3) is 3.38. The fraction of sp³-hybridized carbons (Fsp3) is 0.545. The Morgan fingerprint density at radius 3 is 2.66 bits per heavy atom. The summed E-state index contributed by atoms with van der Waals surface area (Å²) in [6.45, 7) is 5.46. The zero-order valence-corrected chi connectivity index (χ0v) is 18.5. The molecule has 168 valence electrons. The van der Waals surface area contributed by atoms with Crippen LogP contribution in [0.2, 0.25) is 0 Å². The smallest absolute Gasteiger partial charge is 0.255 e.